The molecule has 0 radical (unpaired) electrons. The molecule has 4 nitrogen and oxygen atoms in total. The molecule has 1 amide bonds. The van der Waals surface area contributed by atoms with Crippen molar-refractivity contribution in [1.82, 2.24) is 0 Å². The smallest absolute Gasteiger partial charge is 0.246 e. The van der Waals surface area contributed by atoms with E-state index in [1.807, 2.05) is 24.3 Å². The first-order valence-electron chi connectivity index (χ1n) is 5.04. The zero-order valence-corrected chi connectivity index (χ0v) is 10.3. The summed E-state index contributed by atoms with van der Waals surface area (Å²) in [6.45, 7) is 0.829. The Hall–Kier alpha value is -0.910. The molecule has 0 spiro atoms. The van der Waals surface area contributed by atoms with Crippen LogP contribution in [-0.4, -0.2) is 24.7 Å². The molecule has 1 heterocycles. The lowest BCUT2D eigenvalue weighted by atomic mass is 9.99. The van der Waals surface area contributed by atoms with Gasteiger partial charge in [0, 0.05) is 16.8 Å². The highest BCUT2D eigenvalue weighted by Gasteiger charge is 2.38. The quantitative estimate of drug-likeness (QED) is 0.865. The van der Waals surface area contributed by atoms with Crippen molar-refractivity contribution < 1.29 is 9.53 Å². The van der Waals surface area contributed by atoms with E-state index >= 15 is 0 Å². The number of halogens is 1. The molecule has 1 atom stereocenters. The average molecular weight is 285 g/mol. The van der Waals surface area contributed by atoms with Gasteiger partial charge in [-0.15, -0.1) is 0 Å². The van der Waals surface area contributed by atoms with E-state index in [0.717, 1.165) is 10.2 Å². The number of nitrogens with one attached hydrogen (secondary N) is 1. The van der Waals surface area contributed by atoms with E-state index in [0.29, 0.717) is 13.0 Å². The van der Waals surface area contributed by atoms with Crippen LogP contribution in [0.2, 0.25) is 0 Å². The molecule has 1 aromatic rings. The van der Waals surface area contributed by atoms with Crippen molar-refractivity contribution in [3.05, 3.63) is 28.7 Å². The number of ether oxygens (including phenoxy) is 1. The van der Waals surface area contributed by atoms with Crippen LogP contribution < -0.4 is 11.1 Å². The molecule has 16 heavy (non-hydrogen) atoms. The van der Waals surface area contributed by atoms with E-state index in [1.54, 1.807) is 0 Å². The Bertz CT molecular complexity index is 403. The maximum atomic E-state index is 11.9. The summed E-state index contributed by atoms with van der Waals surface area (Å²) in [5.41, 5.74) is 5.79. The van der Waals surface area contributed by atoms with Crippen molar-refractivity contribution in [3.8, 4) is 0 Å². The van der Waals surface area contributed by atoms with Gasteiger partial charge in [0.05, 0.1) is 6.61 Å². The van der Waals surface area contributed by atoms with Crippen molar-refractivity contribution >= 4 is 27.5 Å². The molecule has 86 valence electrons. The van der Waals surface area contributed by atoms with Crippen LogP contribution in [0, 0.1) is 0 Å². The van der Waals surface area contributed by atoms with Gasteiger partial charge in [0.25, 0.3) is 0 Å². The molecule has 0 saturated carbocycles. The van der Waals surface area contributed by atoms with Crippen molar-refractivity contribution in [1.29, 1.82) is 0 Å². The summed E-state index contributed by atoms with van der Waals surface area (Å²) in [5.74, 6) is -0.192. The number of anilines is 1. The molecule has 0 aliphatic carbocycles. The van der Waals surface area contributed by atoms with Gasteiger partial charge in [-0.25, -0.2) is 0 Å². The lowest BCUT2D eigenvalue weighted by molar-refractivity contribution is -0.121. The molecule has 1 aromatic carbocycles. The summed E-state index contributed by atoms with van der Waals surface area (Å²) < 4.78 is 6.06. The zero-order valence-electron chi connectivity index (χ0n) is 8.70. The molecule has 2 rings (SSSR count). The van der Waals surface area contributed by atoms with Crippen LogP contribution in [0.25, 0.3) is 0 Å². The fourth-order valence-electron chi connectivity index (χ4n) is 1.58. The third-order valence-corrected chi connectivity index (χ3v) is 3.08. The number of rotatable bonds is 2. The maximum absolute atomic E-state index is 11.9. The molecule has 1 aliphatic rings. The summed E-state index contributed by atoms with van der Waals surface area (Å²) in [7, 11) is 0. The van der Waals surface area contributed by atoms with Gasteiger partial charge < -0.3 is 15.8 Å². The third kappa shape index (κ3) is 2.42. The van der Waals surface area contributed by atoms with Crippen LogP contribution in [0.5, 0.6) is 0 Å². The van der Waals surface area contributed by atoms with Gasteiger partial charge in [0.15, 0.2) is 0 Å². The first-order chi connectivity index (χ1) is 7.60. The molecule has 3 N–H and O–H groups in total. The lowest BCUT2D eigenvalue weighted by Gasteiger charge is -2.20. The van der Waals surface area contributed by atoms with Gasteiger partial charge in [-0.3, -0.25) is 4.79 Å². The predicted molar refractivity (Wildman–Crippen MR) is 65.1 cm³/mol. The monoisotopic (exact) mass is 284 g/mol. The molecule has 1 aliphatic heterocycles. The summed E-state index contributed by atoms with van der Waals surface area (Å²) in [4.78, 5) is 11.9. The van der Waals surface area contributed by atoms with Crippen molar-refractivity contribution in [2.45, 2.75) is 12.0 Å². The minimum Gasteiger partial charge on any atom is -0.379 e. The number of nitrogens with two attached hydrogens (primary N) is 1. The Balaban J connectivity index is 2.07. The second-order valence-corrected chi connectivity index (χ2v) is 4.84. The SMILES string of the molecule is NC1(C(=O)Nc2cccc(Br)c2)CCOC1. The third-order valence-electron chi connectivity index (χ3n) is 2.59. The molecule has 1 fully saturated rings. The highest BCUT2D eigenvalue weighted by molar-refractivity contribution is 9.10. The number of hydrogen-bond acceptors (Lipinski definition) is 3. The summed E-state index contributed by atoms with van der Waals surface area (Å²) in [6.07, 6.45) is 0.562. The molecule has 0 aromatic heterocycles. The number of hydrogen-bond donors (Lipinski definition) is 2. The Morgan fingerprint density at radius 3 is 3.00 bits per heavy atom. The van der Waals surface area contributed by atoms with E-state index in [2.05, 4.69) is 21.2 Å². The minimum atomic E-state index is -0.887. The molecule has 1 unspecified atom stereocenters. The second-order valence-electron chi connectivity index (χ2n) is 3.92. The number of amides is 1. The molecular formula is C11H13BrN2O2. The summed E-state index contributed by atoms with van der Waals surface area (Å²) in [6, 6.07) is 7.40. The van der Waals surface area contributed by atoms with Gasteiger partial charge in [-0.1, -0.05) is 22.0 Å². The van der Waals surface area contributed by atoms with Gasteiger partial charge in [-0.2, -0.15) is 0 Å². The average Bonchev–Trinajstić information content (AvgIpc) is 2.66. The fraction of sp³-hybridized carbons (Fsp3) is 0.364. The Morgan fingerprint density at radius 2 is 2.38 bits per heavy atom. The van der Waals surface area contributed by atoms with E-state index in [-0.39, 0.29) is 12.5 Å². The zero-order chi connectivity index (χ0) is 11.6. The van der Waals surface area contributed by atoms with E-state index in [1.165, 1.54) is 0 Å². The van der Waals surface area contributed by atoms with Gasteiger partial charge in [-0.05, 0) is 24.6 Å². The lowest BCUT2D eigenvalue weighted by Crippen LogP contribution is -2.51. The van der Waals surface area contributed by atoms with Crippen molar-refractivity contribution in [3.63, 3.8) is 0 Å². The molecule has 0 bridgehead atoms. The second kappa shape index (κ2) is 4.53. The fourth-order valence-corrected chi connectivity index (χ4v) is 1.98. The summed E-state index contributed by atoms with van der Waals surface area (Å²) in [5, 5.41) is 2.79. The minimum absolute atomic E-state index is 0.192. The van der Waals surface area contributed by atoms with E-state index < -0.39 is 5.54 Å². The highest BCUT2D eigenvalue weighted by atomic mass is 79.9. The maximum Gasteiger partial charge on any atom is 0.246 e. The van der Waals surface area contributed by atoms with E-state index in [9.17, 15) is 4.79 Å². The van der Waals surface area contributed by atoms with Crippen LogP contribution >= 0.6 is 15.9 Å². The van der Waals surface area contributed by atoms with Crippen molar-refractivity contribution in [2.75, 3.05) is 18.5 Å². The van der Waals surface area contributed by atoms with Crippen molar-refractivity contribution in [2.24, 2.45) is 5.73 Å². The number of carbonyl (C=O) groups excluding carboxylic acids is 1. The molecular weight excluding hydrogens is 272 g/mol. The molecule has 1 saturated heterocycles. The number of benzene rings is 1. The Morgan fingerprint density at radius 1 is 1.56 bits per heavy atom. The predicted octanol–water partition coefficient (Wildman–Crippen LogP) is 1.51. The van der Waals surface area contributed by atoms with Gasteiger partial charge in [0.2, 0.25) is 5.91 Å². The summed E-state index contributed by atoms with van der Waals surface area (Å²) >= 11 is 3.34. The highest BCUT2D eigenvalue weighted by Crippen LogP contribution is 2.20. The van der Waals surface area contributed by atoms with Crippen LogP contribution in [-0.2, 0) is 9.53 Å². The number of carbonyl (C=O) groups is 1. The van der Waals surface area contributed by atoms with Gasteiger partial charge in [0.1, 0.15) is 5.54 Å². The van der Waals surface area contributed by atoms with Crippen LogP contribution in [0.1, 0.15) is 6.42 Å². The van der Waals surface area contributed by atoms with Crippen LogP contribution in [0.4, 0.5) is 5.69 Å². The van der Waals surface area contributed by atoms with Crippen LogP contribution in [0.3, 0.4) is 0 Å². The van der Waals surface area contributed by atoms with Gasteiger partial charge >= 0.3 is 0 Å². The first kappa shape index (κ1) is 11.6. The Labute approximate surface area is 102 Å². The first-order valence-corrected chi connectivity index (χ1v) is 5.83. The van der Waals surface area contributed by atoms with Crippen LogP contribution in [0.15, 0.2) is 28.7 Å². The topological polar surface area (TPSA) is 64.4 Å². The standard InChI is InChI=1S/C11H13BrN2O2/c12-8-2-1-3-9(6-8)14-10(15)11(13)4-5-16-7-11/h1-3,6H,4-5,7,13H2,(H,14,15). The largest absolute Gasteiger partial charge is 0.379 e. The molecule has 5 heteroatoms. The Kier molecular flexibility index (Phi) is 3.28. The normalized spacial score (nSPS) is 24.4. The van der Waals surface area contributed by atoms with E-state index in [4.69, 9.17) is 10.5 Å².